The van der Waals surface area contributed by atoms with Crippen LogP contribution in [-0.4, -0.2) is 52.2 Å². The number of aryl methyl sites for hydroxylation is 1. The van der Waals surface area contributed by atoms with E-state index >= 15 is 0 Å². The van der Waals surface area contributed by atoms with E-state index in [1.54, 1.807) is 6.20 Å². The monoisotopic (exact) mass is 379 g/mol. The molecule has 27 heavy (non-hydrogen) atoms. The summed E-state index contributed by atoms with van der Waals surface area (Å²) in [5.41, 5.74) is 1.64. The summed E-state index contributed by atoms with van der Waals surface area (Å²) in [6.45, 7) is 2.88. The maximum Gasteiger partial charge on any atom is 0.401 e. The lowest BCUT2D eigenvalue weighted by molar-refractivity contribution is -0.148. The lowest BCUT2D eigenvalue weighted by atomic mass is 9.97. The SMILES string of the molecule is CCc1cc(NCC2CCN(CC(F)(F)F)CC2)nc(-c2ccccn2)n1. The molecule has 0 bridgehead atoms. The maximum absolute atomic E-state index is 12.5. The molecule has 1 aliphatic heterocycles. The highest BCUT2D eigenvalue weighted by Gasteiger charge is 2.32. The minimum absolute atomic E-state index is 0.341. The average molecular weight is 379 g/mol. The molecule has 0 radical (unpaired) electrons. The van der Waals surface area contributed by atoms with Crippen LogP contribution in [0.2, 0.25) is 0 Å². The highest BCUT2D eigenvalue weighted by Crippen LogP contribution is 2.23. The Bertz CT molecular complexity index is 728. The second-order valence-corrected chi connectivity index (χ2v) is 6.85. The van der Waals surface area contributed by atoms with Crippen molar-refractivity contribution in [3.8, 4) is 11.5 Å². The number of anilines is 1. The van der Waals surface area contributed by atoms with Crippen LogP contribution in [0.5, 0.6) is 0 Å². The molecule has 3 heterocycles. The van der Waals surface area contributed by atoms with Crippen molar-refractivity contribution >= 4 is 5.82 Å². The van der Waals surface area contributed by atoms with Gasteiger partial charge in [0.25, 0.3) is 0 Å². The van der Waals surface area contributed by atoms with Gasteiger partial charge in [0.2, 0.25) is 0 Å². The van der Waals surface area contributed by atoms with Crippen molar-refractivity contribution < 1.29 is 13.2 Å². The van der Waals surface area contributed by atoms with E-state index in [0.717, 1.165) is 36.5 Å². The summed E-state index contributed by atoms with van der Waals surface area (Å²) in [6.07, 6.45) is -0.125. The number of pyridine rings is 1. The van der Waals surface area contributed by atoms with Crippen molar-refractivity contribution in [2.24, 2.45) is 5.92 Å². The van der Waals surface area contributed by atoms with E-state index in [1.807, 2.05) is 31.2 Å². The first-order valence-electron chi connectivity index (χ1n) is 9.25. The van der Waals surface area contributed by atoms with Crippen molar-refractivity contribution in [1.82, 2.24) is 19.9 Å². The molecule has 0 aliphatic carbocycles. The third kappa shape index (κ3) is 5.89. The van der Waals surface area contributed by atoms with Crippen molar-refractivity contribution in [1.29, 1.82) is 0 Å². The van der Waals surface area contributed by atoms with Crippen molar-refractivity contribution in [2.75, 3.05) is 31.5 Å². The average Bonchev–Trinajstić information content (AvgIpc) is 2.66. The van der Waals surface area contributed by atoms with Gasteiger partial charge in [-0.2, -0.15) is 13.2 Å². The molecule has 1 saturated heterocycles. The van der Waals surface area contributed by atoms with Gasteiger partial charge in [0, 0.05) is 24.5 Å². The Hall–Kier alpha value is -2.22. The molecular weight excluding hydrogens is 355 g/mol. The summed E-state index contributed by atoms with van der Waals surface area (Å²) >= 11 is 0. The van der Waals surface area contributed by atoms with E-state index < -0.39 is 12.7 Å². The predicted molar refractivity (Wildman–Crippen MR) is 98.3 cm³/mol. The van der Waals surface area contributed by atoms with Crippen LogP contribution in [0.1, 0.15) is 25.5 Å². The molecule has 0 unspecified atom stereocenters. The van der Waals surface area contributed by atoms with E-state index in [0.29, 0.717) is 31.4 Å². The van der Waals surface area contributed by atoms with Crippen LogP contribution in [0.3, 0.4) is 0 Å². The van der Waals surface area contributed by atoms with Crippen LogP contribution in [0.15, 0.2) is 30.5 Å². The van der Waals surface area contributed by atoms with Gasteiger partial charge >= 0.3 is 6.18 Å². The fourth-order valence-corrected chi connectivity index (χ4v) is 3.23. The number of likely N-dealkylation sites (tertiary alicyclic amines) is 1. The van der Waals surface area contributed by atoms with Gasteiger partial charge in [-0.25, -0.2) is 9.97 Å². The molecule has 2 aromatic rings. The maximum atomic E-state index is 12.5. The third-order valence-electron chi connectivity index (χ3n) is 4.72. The Balaban J connectivity index is 1.58. The molecule has 5 nitrogen and oxygen atoms in total. The van der Waals surface area contributed by atoms with Crippen molar-refractivity contribution in [3.05, 3.63) is 36.2 Å². The molecule has 1 aliphatic rings. The van der Waals surface area contributed by atoms with E-state index in [4.69, 9.17) is 0 Å². The summed E-state index contributed by atoms with van der Waals surface area (Å²) in [4.78, 5) is 14.9. The summed E-state index contributed by atoms with van der Waals surface area (Å²) in [5.74, 6) is 1.66. The molecule has 0 saturated carbocycles. The number of piperidine rings is 1. The molecule has 1 N–H and O–H groups in total. The summed E-state index contributed by atoms with van der Waals surface area (Å²) in [5, 5.41) is 3.34. The summed E-state index contributed by atoms with van der Waals surface area (Å²) < 4.78 is 37.4. The summed E-state index contributed by atoms with van der Waals surface area (Å²) in [7, 11) is 0. The number of aromatic nitrogens is 3. The quantitative estimate of drug-likeness (QED) is 0.828. The van der Waals surface area contributed by atoms with Gasteiger partial charge in [-0.1, -0.05) is 13.0 Å². The highest BCUT2D eigenvalue weighted by atomic mass is 19.4. The van der Waals surface area contributed by atoms with Gasteiger partial charge in [0.15, 0.2) is 5.82 Å². The number of halogens is 3. The van der Waals surface area contributed by atoms with Crippen LogP contribution in [0.4, 0.5) is 19.0 Å². The van der Waals surface area contributed by atoms with Gasteiger partial charge in [-0.05, 0) is 50.4 Å². The number of nitrogens with one attached hydrogen (secondary N) is 1. The van der Waals surface area contributed by atoms with Crippen molar-refractivity contribution in [3.63, 3.8) is 0 Å². The second kappa shape index (κ2) is 8.65. The predicted octanol–water partition coefficient (Wildman–Crippen LogP) is 3.79. The smallest absolute Gasteiger partial charge is 0.370 e. The van der Waals surface area contributed by atoms with Gasteiger partial charge in [0.05, 0.1) is 6.54 Å². The zero-order chi connectivity index (χ0) is 19.3. The van der Waals surface area contributed by atoms with Gasteiger partial charge < -0.3 is 5.32 Å². The standard InChI is InChI=1S/C19H24F3N5/c1-2-15-11-17(26-18(25-15)16-5-3-4-8-23-16)24-12-14-6-9-27(10-7-14)13-19(20,21)22/h3-5,8,11,14H,2,6-7,9-10,12-13H2,1H3,(H,24,25,26). The molecule has 0 aromatic carbocycles. The van der Waals surface area contributed by atoms with E-state index in [2.05, 4.69) is 20.3 Å². The van der Waals surface area contributed by atoms with E-state index in [9.17, 15) is 13.2 Å². The molecule has 0 atom stereocenters. The molecule has 0 amide bonds. The lowest BCUT2D eigenvalue weighted by Crippen LogP contribution is -2.41. The number of rotatable bonds is 6. The second-order valence-electron chi connectivity index (χ2n) is 6.85. The molecule has 0 spiro atoms. The zero-order valence-electron chi connectivity index (χ0n) is 15.3. The fraction of sp³-hybridized carbons (Fsp3) is 0.526. The van der Waals surface area contributed by atoms with Crippen LogP contribution in [-0.2, 0) is 6.42 Å². The first kappa shape index (κ1) is 19.5. The number of nitrogens with zero attached hydrogens (tertiary/aromatic N) is 4. The number of hydrogen-bond acceptors (Lipinski definition) is 5. The summed E-state index contributed by atoms with van der Waals surface area (Å²) in [6, 6.07) is 7.53. The Morgan fingerprint density at radius 3 is 2.59 bits per heavy atom. The Labute approximate surface area is 157 Å². The fourth-order valence-electron chi connectivity index (χ4n) is 3.23. The van der Waals surface area contributed by atoms with Crippen LogP contribution < -0.4 is 5.32 Å². The van der Waals surface area contributed by atoms with Gasteiger partial charge in [0.1, 0.15) is 11.5 Å². The normalized spacial score (nSPS) is 16.4. The third-order valence-corrected chi connectivity index (χ3v) is 4.72. The Morgan fingerprint density at radius 1 is 1.19 bits per heavy atom. The molecule has 2 aromatic heterocycles. The highest BCUT2D eigenvalue weighted by molar-refractivity contribution is 5.52. The van der Waals surface area contributed by atoms with Gasteiger partial charge in [-0.15, -0.1) is 0 Å². The Kier molecular flexibility index (Phi) is 6.26. The Morgan fingerprint density at radius 2 is 1.96 bits per heavy atom. The van der Waals surface area contributed by atoms with E-state index in [-0.39, 0.29) is 0 Å². The molecule has 1 fully saturated rings. The topological polar surface area (TPSA) is 53.9 Å². The largest absolute Gasteiger partial charge is 0.401 e. The first-order valence-corrected chi connectivity index (χ1v) is 9.25. The van der Waals surface area contributed by atoms with Crippen LogP contribution >= 0.6 is 0 Å². The minimum Gasteiger partial charge on any atom is -0.370 e. The minimum atomic E-state index is -4.12. The van der Waals surface area contributed by atoms with Crippen molar-refractivity contribution in [2.45, 2.75) is 32.4 Å². The molecule has 8 heteroatoms. The van der Waals surface area contributed by atoms with Gasteiger partial charge in [-0.3, -0.25) is 9.88 Å². The molecule has 146 valence electrons. The number of hydrogen-bond donors (Lipinski definition) is 1. The zero-order valence-corrected chi connectivity index (χ0v) is 15.3. The van der Waals surface area contributed by atoms with E-state index in [1.165, 1.54) is 4.90 Å². The molecule has 3 rings (SSSR count). The van der Waals surface area contributed by atoms with Crippen LogP contribution in [0, 0.1) is 5.92 Å². The van der Waals surface area contributed by atoms with Crippen LogP contribution in [0.25, 0.3) is 11.5 Å². The lowest BCUT2D eigenvalue weighted by Gasteiger charge is -2.32. The number of alkyl halides is 3. The first-order chi connectivity index (χ1) is 12.9. The molecular formula is C19H24F3N5.